The number of hydrogen-bond acceptors (Lipinski definition) is 2. The van der Waals surface area contributed by atoms with Gasteiger partial charge in [0.15, 0.2) is 5.78 Å². The monoisotopic (exact) mass is 166 g/mol. The zero-order chi connectivity index (χ0) is 8.93. The highest BCUT2D eigenvalue weighted by Crippen LogP contribution is 2.58. The molecule has 0 amide bonds. The highest BCUT2D eigenvalue weighted by molar-refractivity contribution is 5.99. The molecule has 2 nitrogen and oxygen atoms in total. The van der Waals surface area contributed by atoms with Crippen LogP contribution >= 0.6 is 0 Å². The number of fused-ring (bicyclic) bond motifs is 2. The van der Waals surface area contributed by atoms with Gasteiger partial charge in [-0.3, -0.25) is 4.79 Å². The van der Waals surface area contributed by atoms with Gasteiger partial charge in [0.2, 0.25) is 0 Å². The third kappa shape index (κ3) is 0.728. The maximum atomic E-state index is 11.6. The third-order valence-electron chi connectivity index (χ3n) is 3.73. The van der Waals surface area contributed by atoms with Crippen LogP contribution in [0.4, 0.5) is 0 Å². The number of rotatable bonds is 0. The van der Waals surface area contributed by atoms with Crippen molar-refractivity contribution >= 4 is 5.78 Å². The minimum Gasteiger partial charge on any atom is -0.515 e. The van der Waals surface area contributed by atoms with Gasteiger partial charge < -0.3 is 5.11 Å². The van der Waals surface area contributed by atoms with Gasteiger partial charge in [0.05, 0.1) is 6.26 Å². The van der Waals surface area contributed by atoms with Gasteiger partial charge in [-0.1, -0.05) is 13.8 Å². The van der Waals surface area contributed by atoms with Crippen molar-refractivity contribution < 1.29 is 9.90 Å². The van der Waals surface area contributed by atoms with E-state index in [2.05, 4.69) is 13.8 Å². The van der Waals surface area contributed by atoms with Crippen LogP contribution in [0.5, 0.6) is 0 Å². The van der Waals surface area contributed by atoms with Crippen LogP contribution in [0.1, 0.15) is 26.7 Å². The second kappa shape index (κ2) is 2.12. The summed E-state index contributed by atoms with van der Waals surface area (Å²) >= 11 is 0. The van der Waals surface area contributed by atoms with Crippen LogP contribution in [0.25, 0.3) is 0 Å². The number of allylic oxidation sites excluding steroid dienone is 1. The van der Waals surface area contributed by atoms with Crippen LogP contribution in [-0.4, -0.2) is 10.9 Å². The molecule has 2 unspecified atom stereocenters. The molecule has 3 rings (SSSR count). The molecule has 2 heteroatoms. The van der Waals surface area contributed by atoms with Gasteiger partial charge in [-0.25, -0.2) is 0 Å². The van der Waals surface area contributed by atoms with Crippen molar-refractivity contribution in [3.8, 4) is 0 Å². The molecule has 0 aromatic carbocycles. The van der Waals surface area contributed by atoms with E-state index in [9.17, 15) is 4.79 Å². The number of carbonyl (C=O) groups is 1. The minimum absolute atomic E-state index is 0.171. The number of aliphatic hydroxyl groups is 1. The van der Waals surface area contributed by atoms with E-state index in [0.29, 0.717) is 11.5 Å². The summed E-state index contributed by atoms with van der Waals surface area (Å²) in [6.07, 6.45) is 2.80. The van der Waals surface area contributed by atoms with Crippen molar-refractivity contribution in [1.29, 1.82) is 0 Å². The summed E-state index contributed by atoms with van der Waals surface area (Å²) in [5.41, 5.74) is 0.819. The number of Topliss-reactive ketones (excluding diaryl/α,β-unsaturated/α-hetero) is 1. The van der Waals surface area contributed by atoms with Gasteiger partial charge in [-0.05, 0) is 24.2 Å². The molecule has 0 aromatic heterocycles. The van der Waals surface area contributed by atoms with Crippen molar-refractivity contribution in [2.75, 3.05) is 0 Å². The fourth-order valence-electron chi connectivity index (χ4n) is 2.51. The van der Waals surface area contributed by atoms with Gasteiger partial charge in [0.1, 0.15) is 0 Å². The van der Waals surface area contributed by atoms with Gasteiger partial charge in [0.25, 0.3) is 0 Å². The molecule has 0 spiro atoms. The summed E-state index contributed by atoms with van der Waals surface area (Å²) in [6, 6.07) is 0. The first-order valence-electron chi connectivity index (χ1n) is 4.45. The quantitative estimate of drug-likeness (QED) is 0.442. The maximum absolute atomic E-state index is 11.6. The average molecular weight is 166 g/mol. The lowest BCUT2D eigenvalue weighted by atomic mass is 9.47. The van der Waals surface area contributed by atoms with E-state index in [1.54, 1.807) is 0 Å². The van der Waals surface area contributed by atoms with E-state index in [-0.39, 0.29) is 17.1 Å². The fourth-order valence-corrected chi connectivity index (χ4v) is 2.51. The molecule has 0 heterocycles. The summed E-state index contributed by atoms with van der Waals surface area (Å²) in [5.74, 6) is 0.957. The highest BCUT2D eigenvalue weighted by Gasteiger charge is 2.55. The molecule has 0 aromatic rings. The Morgan fingerprint density at radius 2 is 2.25 bits per heavy atom. The van der Waals surface area contributed by atoms with Crippen LogP contribution in [0.15, 0.2) is 11.8 Å². The topological polar surface area (TPSA) is 37.3 Å². The highest BCUT2D eigenvalue weighted by atomic mass is 16.2. The van der Waals surface area contributed by atoms with E-state index in [1.165, 1.54) is 0 Å². The Kier molecular flexibility index (Phi) is 1.39. The Labute approximate surface area is 72.3 Å². The Balaban J connectivity index is 2.28. The fraction of sp³-hybridized carbons (Fsp3) is 0.700. The smallest absolute Gasteiger partial charge is 0.165 e. The van der Waals surface area contributed by atoms with Crippen LogP contribution < -0.4 is 0 Å². The number of hydrogen-bond donors (Lipinski definition) is 1. The third-order valence-corrected chi connectivity index (χ3v) is 3.73. The SMILES string of the molecule is CC1(C)C2C/C(=C/O)C(=O)C1C2. The van der Waals surface area contributed by atoms with Crippen molar-refractivity contribution in [3.63, 3.8) is 0 Å². The van der Waals surface area contributed by atoms with E-state index < -0.39 is 0 Å². The molecule has 2 atom stereocenters. The largest absolute Gasteiger partial charge is 0.515 e. The Bertz CT molecular complexity index is 263. The average Bonchev–Trinajstić information content (AvgIpc) is 2.03. The molecule has 0 radical (unpaired) electrons. The number of aliphatic hydroxyl groups excluding tert-OH is 1. The lowest BCUT2D eigenvalue weighted by Gasteiger charge is -2.55. The minimum atomic E-state index is 0.171. The van der Waals surface area contributed by atoms with Gasteiger partial charge in [-0.15, -0.1) is 0 Å². The summed E-state index contributed by atoms with van der Waals surface area (Å²) in [7, 11) is 0. The molecule has 1 N–H and O–H groups in total. The lowest BCUT2D eigenvalue weighted by Crippen LogP contribution is -2.53. The molecule has 3 aliphatic rings. The van der Waals surface area contributed by atoms with Gasteiger partial charge >= 0.3 is 0 Å². The molecular weight excluding hydrogens is 152 g/mol. The molecule has 3 fully saturated rings. The Hall–Kier alpha value is -0.790. The molecule has 0 saturated heterocycles. The van der Waals surface area contributed by atoms with E-state index in [0.717, 1.165) is 19.1 Å². The standard InChI is InChI=1S/C10H14O2/c1-10(2)7-3-6(5-11)9(12)8(10)4-7/h5,7-8,11H,3-4H2,1-2H3/b6-5-. The predicted octanol–water partition coefficient (Wildman–Crippen LogP) is 2.06. The van der Waals surface area contributed by atoms with E-state index in [4.69, 9.17) is 5.11 Å². The second-order valence-electron chi connectivity index (χ2n) is 4.53. The van der Waals surface area contributed by atoms with Gasteiger partial charge in [0, 0.05) is 11.5 Å². The molecular formula is C10H14O2. The molecule has 66 valence electrons. The molecule has 2 bridgehead atoms. The van der Waals surface area contributed by atoms with Crippen molar-refractivity contribution in [2.24, 2.45) is 17.3 Å². The van der Waals surface area contributed by atoms with E-state index in [1.807, 2.05) is 0 Å². The first-order chi connectivity index (χ1) is 5.57. The second-order valence-corrected chi connectivity index (χ2v) is 4.53. The van der Waals surface area contributed by atoms with Crippen molar-refractivity contribution in [1.82, 2.24) is 0 Å². The van der Waals surface area contributed by atoms with Crippen LogP contribution in [0, 0.1) is 17.3 Å². The zero-order valence-electron chi connectivity index (χ0n) is 7.50. The normalized spacial score (nSPS) is 41.2. The molecule has 12 heavy (non-hydrogen) atoms. The van der Waals surface area contributed by atoms with Crippen molar-refractivity contribution in [2.45, 2.75) is 26.7 Å². The number of carbonyl (C=O) groups excluding carboxylic acids is 1. The summed E-state index contributed by atoms with van der Waals surface area (Å²) in [4.78, 5) is 11.6. The zero-order valence-corrected chi connectivity index (χ0v) is 7.50. The van der Waals surface area contributed by atoms with Gasteiger partial charge in [-0.2, -0.15) is 0 Å². The molecule has 3 aliphatic carbocycles. The predicted molar refractivity (Wildman–Crippen MR) is 45.7 cm³/mol. The van der Waals surface area contributed by atoms with Crippen LogP contribution in [0.2, 0.25) is 0 Å². The summed E-state index contributed by atoms with van der Waals surface area (Å²) in [6.45, 7) is 4.30. The summed E-state index contributed by atoms with van der Waals surface area (Å²) in [5, 5.41) is 8.79. The lowest BCUT2D eigenvalue weighted by molar-refractivity contribution is -0.141. The van der Waals surface area contributed by atoms with E-state index >= 15 is 0 Å². The van der Waals surface area contributed by atoms with Crippen LogP contribution in [0.3, 0.4) is 0 Å². The van der Waals surface area contributed by atoms with Crippen LogP contribution in [-0.2, 0) is 4.79 Å². The number of ketones is 1. The first-order valence-corrected chi connectivity index (χ1v) is 4.45. The Morgan fingerprint density at radius 3 is 2.67 bits per heavy atom. The molecule has 0 aliphatic heterocycles. The maximum Gasteiger partial charge on any atom is 0.165 e. The van der Waals surface area contributed by atoms with Crippen molar-refractivity contribution in [3.05, 3.63) is 11.8 Å². The first kappa shape index (κ1) is 7.84. The summed E-state index contributed by atoms with van der Waals surface area (Å²) < 4.78 is 0. The molecule has 3 saturated carbocycles. The Morgan fingerprint density at radius 1 is 1.58 bits per heavy atom.